The summed E-state index contributed by atoms with van der Waals surface area (Å²) in [5, 5.41) is 3.26. The third kappa shape index (κ3) is 2.34. The van der Waals surface area contributed by atoms with E-state index in [0.29, 0.717) is 5.56 Å². The van der Waals surface area contributed by atoms with Gasteiger partial charge in [-0.3, -0.25) is 0 Å². The highest BCUT2D eigenvalue weighted by atomic mass is 19.2. The molecule has 2 rings (SSSR count). The van der Waals surface area contributed by atoms with Crippen molar-refractivity contribution >= 4 is 0 Å². The van der Waals surface area contributed by atoms with Gasteiger partial charge in [0.15, 0.2) is 11.6 Å². The first-order chi connectivity index (χ1) is 7.29. The zero-order valence-electron chi connectivity index (χ0n) is 8.60. The summed E-state index contributed by atoms with van der Waals surface area (Å²) < 4.78 is 26.6. The third-order valence-electron chi connectivity index (χ3n) is 3.00. The predicted octanol–water partition coefficient (Wildman–Crippen LogP) is 2.82. The van der Waals surface area contributed by atoms with E-state index < -0.39 is 11.6 Å². The van der Waals surface area contributed by atoms with Crippen molar-refractivity contribution in [1.29, 1.82) is 0 Å². The van der Waals surface area contributed by atoms with E-state index in [1.54, 1.807) is 12.1 Å². The molecule has 3 heteroatoms. The van der Waals surface area contributed by atoms with Gasteiger partial charge in [-0.15, -0.1) is 0 Å². The summed E-state index contributed by atoms with van der Waals surface area (Å²) >= 11 is 0. The minimum Gasteiger partial charge on any atom is -0.317 e. The standard InChI is InChI=1S/C12H15F2N/c13-11-5-1-4-10(12(11)14)9-3-2-7-15-8-6-9/h1,4-5,9,15H,2-3,6-8H2. The topological polar surface area (TPSA) is 12.0 Å². The molecule has 0 saturated carbocycles. The zero-order chi connectivity index (χ0) is 10.7. The van der Waals surface area contributed by atoms with Crippen LogP contribution in [-0.4, -0.2) is 13.1 Å². The fourth-order valence-corrected chi connectivity index (χ4v) is 2.17. The first-order valence-corrected chi connectivity index (χ1v) is 5.43. The van der Waals surface area contributed by atoms with Gasteiger partial charge in [0.25, 0.3) is 0 Å². The first-order valence-electron chi connectivity index (χ1n) is 5.43. The van der Waals surface area contributed by atoms with E-state index >= 15 is 0 Å². The van der Waals surface area contributed by atoms with E-state index in [9.17, 15) is 8.78 Å². The molecule has 0 amide bonds. The number of hydrogen-bond donors (Lipinski definition) is 1. The smallest absolute Gasteiger partial charge is 0.162 e. The van der Waals surface area contributed by atoms with Crippen LogP contribution in [0.3, 0.4) is 0 Å². The van der Waals surface area contributed by atoms with Crippen LogP contribution in [0.15, 0.2) is 18.2 Å². The molecule has 1 atom stereocenters. The largest absolute Gasteiger partial charge is 0.317 e. The summed E-state index contributed by atoms with van der Waals surface area (Å²) in [5.41, 5.74) is 0.540. The van der Waals surface area contributed by atoms with Crippen molar-refractivity contribution in [2.24, 2.45) is 0 Å². The average molecular weight is 211 g/mol. The van der Waals surface area contributed by atoms with Crippen molar-refractivity contribution < 1.29 is 8.78 Å². The Balaban J connectivity index is 2.23. The van der Waals surface area contributed by atoms with Gasteiger partial charge in [0.2, 0.25) is 0 Å². The molecule has 1 aliphatic rings. The van der Waals surface area contributed by atoms with Crippen molar-refractivity contribution in [3.8, 4) is 0 Å². The molecule has 82 valence electrons. The fourth-order valence-electron chi connectivity index (χ4n) is 2.17. The highest BCUT2D eigenvalue weighted by Gasteiger charge is 2.19. The highest BCUT2D eigenvalue weighted by molar-refractivity contribution is 5.23. The molecule has 1 nitrogen and oxygen atoms in total. The van der Waals surface area contributed by atoms with Gasteiger partial charge in [0.1, 0.15) is 0 Å². The van der Waals surface area contributed by atoms with Crippen LogP contribution in [0, 0.1) is 11.6 Å². The average Bonchev–Trinajstić information content (AvgIpc) is 2.50. The molecule has 0 spiro atoms. The molecule has 1 aliphatic heterocycles. The van der Waals surface area contributed by atoms with Gasteiger partial charge in [0, 0.05) is 0 Å². The highest BCUT2D eigenvalue weighted by Crippen LogP contribution is 2.28. The number of benzene rings is 1. The molecule has 1 N–H and O–H groups in total. The molecule has 0 aliphatic carbocycles. The quantitative estimate of drug-likeness (QED) is 0.753. The molecule has 0 bridgehead atoms. The van der Waals surface area contributed by atoms with E-state index in [1.165, 1.54) is 6.07 Å². The molecule has 0 aromatic heterocycles. The summed E-state index contributed by atoms with van der Waals surface area (Å²) in [6.45, 7) is 1.87. The Morgan fingerprint density at radius 3 is 2.87 bits per heavy atom. The molecule has 1 aromatic carbocycles. The van der Waals surface area contributed by atoms with Crippen LogP contribution in [0.25, 0.3) is 0 Å². The second kappa shape index (κ2) is 4.71. The van der Waals surface area contributed by atoms with Crippen LogP contribution in [0.1, 0.15) is 30.7 Å². The van der Waals surface area contributed by atoms with Gasteiger partial charge in [-0.2, -0.15) is 0 Å². The maximum atomic E-state index is 13.5. The maximum Gasteiger partial charge on any atom is 0.162 e. The van der Waals surface area contributed by atoms with Crippen molar-refractivity contribution in [3.05, 3.63) is 35.4 Å². The van der Waals surface area contributed by atoms with Crippen molar-refractivity contribution in [3.63, 3.8) is 0 Å². The Labute approximate surface area is 88.5 Å². The van der Waals surface area contributed by atoms with Gasteiger partial charge < -0.3 is 5.32 Å². The Bertz CT molecular complexity index is 330. The summed E-state index contributed by atoms with van der Waals surface area (Å²) in [7, 11) is 0. The van der Waals surface area contributed by atoms with Gasteiger partial charge in [-0.1, -0.05) is 12.1 Å². The van der Waals surface area contributed by atoms with Crippen LogP contribution in [-0.2, 0) is 0 Å². The summed E-state index contributed by atoms with van der Waals surface area (Å²) in [5.74, 6) is -1.23. The Hall–Kier alpha value is -0.960. The molecular weight excluding hydrogens is 196 g/mol. The monoisotopic (exact) mass is 211 g/mol. The molecular formula is C12H15F2N. The minimum absolute atomic E-state index is 0.163. The van der Waals surface area contributed by atoms with Gasteiger partial charge in [0.05, 0.1) is 0 Å². The fraction of sp³-hybridized carbons (Fsp3) is 0.500. The normalized spacial score (nSPS) is 22.4. The molecule has 0 radical (unpaired) electrons. The second-order valence-electron chi connectivity index (χ2n) is 4.02. The lowest BCUT2D eigenvalue weighted by Gasteiger charge is -2.14. The van der Waals surface area contributed by atoms with E-state index in [1.807, 2.05) is 0 Å². The van der Waals surface area contributed by atoms with E-state index in [4.69, 9.17) is 0 Å². The molecule has 15 heavy (non-hydrogen) atoms. The van der Waals surface area contributed by atoms with Gasteiger partial charge >= 0.3 is 0 Å². The molecule has 1 heterocycles. The summed E-state index contributed by atoms with van der Waals surface area (Å²) in [6, 6.07) is 4.47. The SMILES string of the molecule is Fc1cccc(C2CCCNCC2)c1F. The van der Waals surface area contributed by atoms with Crippen LogP contribution in [0.2, 0.25) is 0 Å². The Kier molecular flexibility index (Phi) is 3.31. The van der Waals surface area contributed by atoms with Crippen molar-refractivity contribution in [1.82, 2.24) is 5.32 Å². The van der Waals surface area contributed by atoms with Crippen LogP contribution < -0.4 is 5.32 Å². The lowest BCUT2D eigenvalue weighted by atomic mass is 9.91. The molecule has 1 aromatic rings. The predicted molar refractivity (Wildman–Crippen MR) is 55.8 cm³/mol. The summed E-state index contributed by atoms with van der Waals surface area (Å²) in [6.07, 6.45) is 2.86. The summed E-state index contributed by atoms with van der Waals surface area (Å²) in [4.78, 5) is 0. The maximum absolute atomic E-state index is 13.5. The van der Waals surface area contributed by atoms with Gasteiger partial charge in [-0.05, 0) is 49.9 Å². The van der Waals surface area contributed by atoms with Crippen molar-refractivity contribution in [2.75, 3.05) is 13.1 Å². The lowest BCUT2D eigenvalue weighted by Crippen LogP contribution is -2.14. The number of rotatable bonds is 1. The number of nitrogens with one attached hydrogen (secondary N) is 1. The number of halogens is 2. The van der Waals surface area contributed by atoms with Crippen LogP contribution in [0.4, 0.5) is 8.78 Å². The van der Waals surface area contributed by atoms with E-state index in [2.05, 4.69) is 5.32 Å². The Morgan fingerprint density at radius 2 is 2.00 bits per heavy atom. The lowest BCUT2D eigenvalue weighted by molar-refractivity contribution is 0.478. The van der Waals surface area contributed by atoms with Crippen molar-refractivity contribution in [2.45, 2.75) is 25.2 Å². The van der Waals surface area contributed by atoms with Crippen LogP contribution in [0.5, 0.6) is 0 Å². The van der Waals surface area contributed by atoms with Gasteiger partial charge in [-0.25, -0.2) is 8.78 Å². The third-order valence-corrected chi connectivity index (χ3v) is 3.00. The zero-order valence-corrected chi connectivity index (χ0v) is 8.60. The molecule has 1 saturated heterocycles. The van der Waals surface area contributed by atoms with E-state index in [0.717, 1.165) is 32.4 Å². The molecule has 1 unspecified atom stereocenters. The number of hydrogen-bond acceptors (Lipinski definition) is 1. The first kappa shape index (κ1) is 10.6. The molecule has 1 fully saturated rings. The van der Waals surface area contributed by atoms with Crippen LogP contribution >= 0.6 is 0 Å². The van der Waals surface area contributed by atoms with E-state index in [-0.39, 0.29) is 5.92 Å². The minimum atomic E-state index is -0.732. The second-order valence-corrected chi connectivity index (χ2v) is 4.02. The Morgan fingerprint density at radius 1 is 1.13 bits per heavy atom.